The van der Waals surface area contributed by atoms with Crippen molar-refractivity contribution in [3.8, 4) is 5.75 Å². The summed E-state index contributed by atoms with van der Waals surface area (Å²) in [4.78, 5) is 26.1. The molecule has 3 rings (SSSR count). The third-order valence-electron chi connectivity index (χ3n) is 4.96. The van der Waals surface area contributed by atoms with E-state index in [2.05, 4.69) is 17.4 Å². The lowest BCUT2D eigenvalue weighted by molar-refractivity contribution is -0.128. The van der Waals surface area contributed by atoms with E-state index in [0.29, 0.717) is 36.4 Å². The van der Waals surface area contributed by atoms with Gasteiger partial charge in [0.2, 0.25) is 5.91 Å². The lowest BCUT2D eigenvalue weighted by Crippen LogP contribution is -2.21. The number of nitrogens with one attached hydrogen (secondary N) is 1. The summed E-state index contributed by atoms with van der Waals surface area (Å²) in [6.45, 7) is 0.495. The Balaban J connectivity index is 1.57. The molecule has 2 amide bonds. The zero-order chi connectivity index (χ0) is 22.1. The molecule has 0 spiro atoms. The number of aryl methyl sites for hydroxylation is 1. The molecular weight excluding hydrogens is 388 g/mol. The van der Waals surface area contributed by atoms with Crippen LogP contribution in [-0.2, 0) is 17.6 Å². The normalized spacial score (nSPS) is 10.4. The van der Waals surface area contributed by atoms with E-state index < -0.39 is 0 Å². The zero-order valence-electron chi connectivity index (χ0n) is 18.0. The van der Waals surface area contributed by atoms with Crippen LogP contribution in [0, 0.1) is 0 Å². The minimum absolute atomic E-state index is 0.0984. The highest BCUT2D eigenvalue weighted by molar-refractivity contribution is 6.06. The number of rotatable bonds is 9. The van der Waals surface area contributed by atoms with E-state index in [0.717, 1.165) is 12.0 Å². The molecule has 160 valence electrons. The number of hydrogen-bond donors (Lipinski definition) is 1. The van der Waals surface area contributed by atoms with Crippen molar-refractivity contribution in [1.29, 1.82) is 0 Å². The first-order valence-electron chi connectivity index (χ1n) is 10.4. The number of carbonyl (C=O) groups excluding carboxylic acids is 2. The number of amides is 2. The van der Waals surface area contributed by atoms with Gasteiger partial charge < -0.3 is 15.0 Å². The molecule has 0 heterocycles. The molecule has 0 saturated carbocycles. The largest absolute Gasteiger partial charge is 0.492 e. The molecule has 5 heteroatoms. The maximum atomic E-state index is 12.8. The van der Waals surface area contributed by atoms with Crippen LogP contribution in [0.15, 0.2) is 78.9 Å². The van der Waals surface area contributed by atoms with Crippen LogP contribution in [0.25, 0.3) is 0 Å². The van der Waals surface area contributed by atoms with Gasteiger partial charge in [-0.2, -0.15) is 0 Å². The predicted molar refractivity (Wildman–Crippen MR) is 123 cm³/mol. The lowest BCUT2D eigenvalue weighted by Gasteiger charge is -2.12. The van der Waals surface area contributed by atoms with E-state index in [1.54, 1.807) is 25.1 Å². The molecule has 3 aromatic rings. The van der Waals surface area contributed by atoms with Gasteiger partial charge in [-0.25, -0.2) is 0 Å². The molecule has 31 heavy (non-hydrogen) atoms. The maximum Gasteiger partial charge on any atom is 0.259 e. The second-order valence-corrected chi connectivity index (χ2v) is 7.52. The van der Waals surface area contributed by atoms with Gasteiger partial charge in [-0.15, -0.1) is 0 Å². The molecular formula is C26H28N2O3. The number of ether oxygens (including phenoxy) is 1. The Morgan fingerprint density at radius 2 is 1.45 bits per heavy atom. The predicted octanol–water partition coefficient (Wildman–Crippen LogP) is 4.58. The van der Waals surface area contributed by atoms with Crippen molar-refractivity contribution >= 4 is 17.5 Å². The van der Waals surface area contributed by atoms with Crippen molar-refractivity contribution in [2.24, 2.45) is 0 Å². The SMILES string of the molecule is CN(C)C(=O)CCc1ccc(NC(=O)c2ccccc2OCCc2ccccc2)cc1. The van der Waals surface area contributed by atoms with Crippen molar-refractivity contribution in [1.82, 2.24) is 4.90 Å². The Kier molecular flexibility index (Phi) is 7.82. The van der Waals surface area contributed by atoms with E-state index in [1.807, 2.05) is 60.7 Å². The quantitative estimate of drug-likeness (QED) is 0.555. The summed E-state index contributed by atoms with van der Waals surface area (Å²) in [7, 11) is 3.51. The molecule has 1 N–H and O–H groups in total. The molecule has 0 aliphatic heterocycles. The minimum Gasteiger partial charge on any atom is -0.492 e. The molecule has 0 aliphatic carbocycles. The number of benzene rings is 3. The smallest absolute Gasteiger partial charge is 0.259 e. The molecule has 0 radical (unpaired) electrons. The Bertz CT molecular complexity index is 999. The summed E-state index contributed by atoms with van der Waals surface area (Å²) >= 11 is 0. The van der Waals surface area contributed by atoms with E-state index in [4.69, 9.17) is 4.74 Å². The summed E-state index contributed by atoms with van der Waals surface area (Å²) in [6.07, 6.45) is 1.91. The average molecular weight is 417 g/mol. The van der Waals surface area contributed by atoms with Crippen LogP contribution in [0.5, 0.6) is 5.75 Å². The van der Waals surface area contributed by atoms with Crippen molar-refractivity contribution in [3.63, 3.8) is 0 Å². The van der Waals surface area contributed by atoms with Crippen LogP contribution < -0.4 is 10.1 Å². The third-order valence-corrected chi connectivity index (χ3v) is 4.96. The molecule has 0 aromatic heterocycles. The van der Waals surface area contributed by atoms with Crippen LogP contribution >= 0.6 is 0 Å². The fourth-order valence-corrected chi connectivity index (χ4v) is 3.13. The molecule has 0 atom stereocenters. The highest BCUT2D eigenvalue weighted by atomic mass is 16.5. The van der Waals surface area contributed by atoms with Crippen LogP contribution in [-0.4, -0.2) is 37.4 Å². The van der Waals surface area contributed by atoms with Gasteiger partial charge in [-0.3, -0.25) is 9.59 Å². The Labute approximate surface area is 183 Å². The Morgan fingerprint density at radius 1 is 0.806 bits per heavy atom. The highest BCUT2D eigenvalue weighted by Crippen LogP contribution is 2.20. The highest BCUT2D eigenvalue weighted by Gasteiger charge is 2.13. The number of anilines is 1. The first-order valence-corrected chi connectivity index (χ1v) is 10.4. The summed E-state index contributed by atoms with van der Waals surface area (Å²) in [5.41, 5.74) is 3.44. The zero-order valence-corrected chi connectivity index (χ0v) is 18.0. The molecule has 0 saturated heterocycles. The third kappa shape index (κ3) is 6.71. The van der Waals surface area contributed by atoms with E-state index in [-0.39, 0.29) is 11.8 Å². The Hall–Kier alpha value is -3.60. The number of hydrogen-bond acceptors (Lipinski definition) is 3. The van der Waals surface area contributed by atoms with Gasteiger partial charge in [-0.1, -0.05) is 54.6 Å². The van der Waals surface area contributed by atoms with E-state index in [9.17, 15) is 9.59 Å². The van der Waals surface area contributed by atoms with E-state index in [1.165, 1.54) is 5.56 Å². The van der Waals surface area contributed by atoms with E-state index >= 15 is 0 Å². The molecule has 0 unspecified atom stereocenters. The standard InChI is InChI=1S/C26H28N2O3/c1-28(2)25(29)17-14-21-12-15-22(16-13-21)27-26(30)23-10-6-7-11-24(23)31-19-18-20-8-4-3-5-9-20/h3-13,15-16H,14,17-19H2,1-2H3,(H,27,30). The van der Waals surface area contributed by atoms with Crippen molar-refractivity contribution in [2.45, 2.75) is 19.3 Å². The first kappa shape index (κ1) is 22.1. The molecule has 5 nitrogen and oxygen atoms in total. The van der Waals surface area contributed by atoms with Crippen LogP contribution in [0.2, 0.25) is 0 Å². The number of carbonyl (C=O) groups is 2. The van der Waals surface area contributed by atoms with Gasteiger partial charge in [0.05, 0.1) is 12.2 Å². The second-order valence-electron chi connectivity index (χ2n) is 7.52. The second kappa shape index (κ2) is 11.0. The maximum absolute atomic E-state index is 12.8. The first-order chi connectivity index (χ1) is 15.0. The monoisotopic (exact) mass is 416 g/mol. The molecule has 0 bridgehead atoms. The Morgan fingerprint density at radius 3 is 2.16 bits per heavy atom. The minimum atomic E-state index is -0.217. The summed E-state index contributed by atoms with van der Waals surface area (Å²) in [5.74, 6) is 0.446. The summed E-state index contributed by atoms with van der Waals surface area (Å²) in [5, 5.41) is 2.92. The van der Waals surface area contributed by atoms with Crippen molar-refractivity contribution < 1.29 is 14.3 Å². The topological polar surface area (TPSA) is 58.6 Å². The van der Waals surface area contributed by atoms with Gasteiger partial charge in [0.15, 0.2) is 0 Å². The van der Waals surface area contributed by atoms with Gasteiger partial charge in [0.1, 0.15) is 5.75 Å². The molecule has 0 aliphatic rings. The average Bonchev–Trinajstić information content (AvgIpc) is 2.79. The number of nitrogens with zero attached hydrogens (tertiary/aromatic N) is 1. The van der Waals surface area contributed by atoms with Crippen molar-refractivity contribution in [3.05, 3.63) is 95.6 Å². The van der Waals surface area contributed by atoms with Crippen LogP contribution in [0.4, 0.5) is 5.69 Å². The lowest BCUT2D eigenvalue weighted by atomic mass is 10.1. The summed E-state index contributed by atoms with van der Waals surface area (Å²) in [6, 6.07) is 24.9. The van der Waals surface area contributed by atoms with Gasteiger partial charge in [0, 0.05) is 32.6 Å². The fourth-order valence-electron chi connectivity index (χ4n) is 3.13. The fraction of sp³-hybridized carbons (Fsp3) is 0.231. The van der Waals surface area contributed by atoms with Crippen LogP contribution in [0.1, 0.15) is 27.9 Å². The molecule has 0 fully saturated rings. The van der Waals surface area contributed by atoms with Crippen molar-refractivity contribution in [2.75, 3.05) is 26.0 Å². The van der Waals surface area contributed by atoms with Crippen LogP contribution in [0.3, 0.4) is 0 Å². The number of para-hydroxylation sites is 1. The summed E-state index contributed by atoms with van der Waals surface area (Å²) < 4.78 is 5.90. The van der Waals surface area contributed by atoms with Gasteiger partial charge in [-0.05, 0) is 41.8 Å². The van der Waals surface area contributed by atoms with Gasteiger partial charge >= 0.3 is 0 Å². The van der Waals surface area contributed by atoms with Gasteiger partial charge in [0.25, 0.3) is 5.91 Å². The molecule has 3 aromatic carbocycles.